The van der Waals surface area contributed by atoms with Crippen LogP contribution in [-0.2, 0) is 15.8 Å². The lowest BCUT2D eigenvalue weighted by atomic mass is 9.83. The summed E-state index contributed by atoms with van der Waals surface area (Å²) in [5, 5.41) is 1.12. The van der Waals surface area contributed by atoms with Crippen LogP contribution in [0.3, 0.4) is 0 Å². The topological polar surface area (TPSA) is 56.4 Å². The first kappa shape index (κ1) is 23.5. The maximum atomic E-state index is 13.6. The van der Waals surface area contributed by atoms with Gasteiger partial charge in [0.1, 0.15) is 0 Å². The molecule has 1 fully saturated rings. The highest BCUT2D eigenvalue weighted by molar-refractivity contribution is 6.22. The SMILES string of the molecule is CC1c2[nH]c3ccccc3c2C(c2ccccc2)CN1C1CC(=O)N(c2cccc(C(F)(F)F)c2)C1=O. The summed E-state index contributed by atoms with van der Waals surface area (Å²) in [5.74, 6) is -1.04. The summed E-state index contributed by atoms with van der Waals surface area (Å²) in [4.78, 5) is 33.1. The third-order valence-electron chi connectivity index (χ3n) is 7.59. The molecule has 3 aromatic carbocycles. The van der Waals surface area contributed by atoms with E-state index in [0.29, 0.717) is 6.54 Å². The molecular formula is C29H24F3N3O2. The van der Waals surface area contributed by atoms with Gasteiger partial charge in [-0.15, -0.1) is 0 Å². The van der Waals surface area contributed by atoms with Gasteiger partial charge in [0.05, 0.1) is 23.7 Å². The van der Waals surface area contributed by atoms with Crippen LogP contribution in [0.5, 0.6) is 0 Å². The Hall–Kier alpha value is -3.91. The van der Waals surface area contributed by atoms with Crippen molar-refractivity contribution in [2.75, 3.05) is 11.4 Å². The number of hydrogen-bond acceptors (Lipinski definition) is 3. The summed E-state index contributed by atoms with van der Waals surface area (Å²) in [5.41, 5.74) is 3.31. The fraction of sp³-hybridized carbons (Fsp3) is 0.241. The van der Waals surface area contributed by atoms with Crippen LogP contribution < -0.4 is 4.90 Å². The lowest BCUT2D eigenvalue weighted by Gasteiger charge is -2.40. The van der Waals surface area contributed by atoms with Crippen LogP contribution in [0.15, 0.2) is 78.9 Å². The second kappa shape index (κ2) is 8.59. The summed E-state index contributed by atoms with van der Waals surface area (Å²) < 4.78 is 39.9. The van der Waals surface area contributed by atoms with Gasteiger partial charge in [0.15, 0.2) is 0 Å². The van der Waals surface area contributed by atoms with Gasteiger partial charge in [0.25, 0.3) is 5.91 Å². The molecule has 3 heterocycles. The number of fused-ring (bicyclic) bond motifs is 3. The number of carbonyl (C=O) groups excluding carboxylic acids is 2. The summed E-state index contributed by atoms with van der Waals surface area (Å²) >= 11 is 0. The van der Waals surface area contributed by atoms with Crippen LogP contribution in [0.1, 0.15) is 47.7 Å². The predicted molar refractivity (Wildman–Crippen MR) is 134 cm³/mol. The summed E-state index contributed by atoms with van der Waals surface area (Å²) in [6.07, 6.45) is -4.66. The van der Waals surface area contributed by atoms with Crippen molar-refractivity contribution in [2.24, 2.45) is 0 Å². The van der Waals surface area contributed by atoms with Crippen LogP contribution in [0, 0.1) is 0 Å². The van der Waals surface area contributed by atoms with Gasteiger partial charge in [0, 0.05) is 35.1 Å². The number of para-hydroxylation sites is 1. The Morgan fingerprint density at radius 3 is 2.41 bits per heavy atom. The number of H-pyrrole nitrogens is 1. The molecular weight excluding hydrogens is 479 g/mol. The van der Waals surface area contributed by atoms with Gasteiger partial charge in [-0.3, -0.25) is 14.5 Å². The van der Waals surface area contributed by atoms with Crippen molar-refractivity contribution in [3.8, 4) is 0 Å². The Morgan fingerprint density at radius 1 is 0.919 bits per heavy atom. The Kier molecular flexibility index (Phi) is 5.45. The van der Waals surface area contributed by atoms with E-state index >= 15 is 0 Å². The molecule has 1 aromatic heterocycles. The average Bonchev–Trinajstić information content (AvgIpc) is 3.42. The molecule has 188 valence electrons. The molecule has 1 N–H and O–H groups in total. The number of hydrogen-bond donors (Lipinski definition) is 1. The smallest absolute Gasteiger partial charge is 0.357 e. The molecule has 2 amide bonds. The second-order valence-electron chi connectivity index (χ2n) is 9.67. The first-order valence-corrected chi connectivity index (χ1v) is 12.2. The Morgan fingerprint density at radius 2 is 1.65 bits per heavy atom. The Labute approximate surface area is 211 Å². The minimum atomic E-state index is -4.57. The monoisotopic (exact) mass is 503 g/mol. The van der Waals surface area contributed by atoms with E-state index in [1.54, 1.807) is 0 Å². The lowest BCUT2D eigenvalue weighted by molar-refractivity contribution is -0.137. The van der Waals surface area contributed by atoms with Gasteiger partial charge in [-0.25, -0.2) is 4.90 Å². The highest BCUT2D eigenvalue weighted by Gasteiger charge is 2.47. The van der Waals surface area contributed by atoms with E-state index in [4.69, 9.17) is 0 Å². The highest BCUT2D eigenvalue weighted by atomic mass is 19.4. The standard InChI is InChI=1S/C29H24F3N3O2/c1-17-27-26(21-12-5-6-13-23(21)33-27)22(18-8-3-2-4-9-18)16-34(17)24-15-25(36)35(28(24)37)20-11-7-10-19(14-20)29(30,31)32/h2-14,17,22,24,33H,15-16H2,1H3. The number of aromatic amines is 1. The fourth-order valence-electron chi connectivity index (χ4n) is 5.84. The molecule has 5 nitrogen and oxygen atoms in total. The molecule has 0 spiro atoms. The summed E-state index contributed by atoms with van der Waals surface area (Å²) in [7, 11) is 0. The van der Waals surface area contributed by atoms with Crippen LogP contribution in [0.25, 0.3) is 10.9 Å². The molecule has 1 saturated heterocycles. The zero-order valence-electron chi connectivity index (χ0n) is 20.0. The van der Waals surface area contributed by atoms with E-state index in [1.807, 2.05) is 48.2 Å². The number of carbonyl (C=O) groups is 2. The van der Waals surface area contributed by atoms with Crippen molar-refractivity contribution < 1.29 is 22.8 Å². The van der Waals surface area contributed by atoms with Gasteiger partial charge >= 0.3 is 6.18 Å². The molecule has 0 saturated carbocycles. The zero-order valence-corrected chi connectivity index (χ0v) is 20.0. The maximum absolute atomic E-state index is 13.6. The normalized spacial score (nSPS) is 22.6. The number of nitrogens with zero attached hydrogens (tertiary/aromatic N) is 2. The van der Waals surface area contributed by atoms with Crippen LogP contribution in [0.2, 0.25) is 0 Å². The zero-order chi connectivity index (χ0) is 25.9. The lowest BCUT2D eigenvalue weighted by Crippen LogP contribution is -2.47. The molecule has 8 heteroatoms. The van der Waals surface area contributed by atoms with E-state index in [-0.39, 0.29) is 24.1 Å². The van der Waals surface area contributed by atoms with Crippen molar-refractivity contribution in [3.63, 3.8) is 0 Å². The molecule has 0 radical (unpaired) electrons. The van der Waals surface area contributed by atoms with E-state index in [2.05, 4.69) is 23.2 Å². The summed E-state index contributed by atoms with van der Waals surface area (Å²) in [6, 6.07) is 21.5. The number of rotatable bonds is 3. The molecule has 0 aliphatic carbocycles. The first-order chi connectivity index (χ1) is 17.7. The van der Waals surface area contributed by atoms with Crippen molar-refractivity contribution in [2.45, 2.75) is 37.5 Å². The number of alkyl halides is 3. The molecule has 37 heavy (non-hydrogen) atoms. The molecule has 6 rings (SSSR count). The van der Waals surface area contributed by atoms with Crippen LogP contribution in [-0.4, -0.2) is 34.3 Å². The number of amides is 2. The maximum Gasteiger partial charge on any atom is 0.416 e. The van der Waals surface area contributed by atoms with Crippen LogP contribution >= 0.6 is 0 Å². The molecule has 0 bridgehead atoms. The second-order valence-corrected chi connectivity index (χ2v) is 9.67. The van der Waals surface area contributed by atoms with E-state index in [0.717, 1.165) is 39.2 Å². The largest absolute Gasteiger partial charge is 0.416 e. The molecule has 3 atom stereocenters. The van der Waals surface area contributed by atoms with Crippen molar-refractivity contribution in [1.82, 2.24) is 9.88 Å². The van der Waals surface area contributed by atoms with Gasteiger partial charge in [-0.1, -0.05) is 54.6 Å². The quantitative estimate of drug-likeness (QED) is 0.348. The first-order valence-electron chi connectivity index (χ1n) is 12.2. The minimum Gasteiger partial charge on any atom is -0.357 e. The van der Waals surface area contributed by atoms with E-state index in [9.17, 15) is 22.8 Å². The Bertz CT molecular complexity index is 1510. The van der Waals surface area contributed by atoms with Crippen molar-refractivity contribution in [1.29, 1.82) is 0 Å². The van der Waals surface area contributed by atoms with E-state index in [1.165, 1.54) is 17.7 Å². The third kappa shape index (κ3) is 3.83. The minimum absolute atomic E-state index is 0.0472. The van der Waals surface area contributed by atoms with Gasteiger partial charge in [0.2, 0.25) is 5.91 Å². The average molecular weight is 504 g/mol. The molecule has 2 aliphatic rings. The van der Waals surface area contributed by atoms with Gasteiger partial charge < -0.3 is 4.98 Å². The van der Waals surface area contributed by atoms with Crippen molar-refractivity contribution in [3.05, 3.63) is 101 Å². The molecule has 4 aromatic rings. The number of imide groups is 1. The molecule has 3 unspecified atom stereocenters. The molecule has 2 aliphatic heterocycles. The highest BCUT2D eigenvalue weighted by Crippen LogP contribution is 2.45. The Balaban J connectivity index is 1.40. The number of aromatic nitrogens is 1. The third-order valence-corrected chi connectivity index (χ3v) is 7.59. The predicted octanol–water partition coefficient (Wildman–Crippen LogP) is 6.03. The fourth-order valence-corrected chi connectivity index (χ4v) is 5.84. The van der Waals surface area contributed by atoms with E-state index < -0.39 is 29.6 Å². The number of anilines is 1. The number of halogens is 3. The summed E-state index contributed by atoms with van der Waals surface area (Å²) in [6.45, 7) is 2.50. The number of nitrogens with one attached hydrogen (secondary N) is 1. The number of benzene rings is 3. The van der Waals surface area contributed by atoms with Gasteiger partial charge in [-0.05, 0) is 42.3 Å². The van der Waals surface area contributed by atoms with Crippen LogP contribution in [0.4, 0.5) is 18.9 Å². The van der Waals surface area contributed by atoms with Crippen molar-refractivity contribution >= 4 is 28.4 Å². The van der Waals surface area contributed by atoms with Gasteiger partial charge in [-0.2, -0.15) is 13.2 Å².